The first-order chi connectivity index (χ1) is 11.1. The van der Waals surface area contributed by atoms with Crippen LogP contribution in [0.25, 0.3) is 11.3 Å². The van der Waals surface area contributed by atoms with E-state index in [1.165, 1.54) is 0 Å². The summed E-state index contributed by atoms with van der Waals surface area (Å²) in [6.07, 6.45) is 12.2. The summed E-state index contributed by atoms with van der Waals surface area (Å²) >= 11 is 0. The van der Waals surface area contributed by atoms with E-state index in [0.29, 0.717) is 6.04 Å². The molecular formula is C19H24N4. The molecule has 0 unspecified atom stereocenters. The van der Waals surface area contributed by atoms with E-state index in [1.807, 2.05) is 36.3 Å². The van der Waals surface area contributed by atoms with Crippen LogP contribution in [0.3, 0.4) is 0 Å². The summed E-state index contributed by atoms with van der Waals surface area (Å²) in [6, 6.07) is 2.46. The van der Waals surface area contributed by atoms with Gasteiger partial charge >= 0.3 is 0 Å². The van der Waals surface area contributed by atoms with Crippen LogP contribution in [0.15, 0.2) is 66.6 Å². The van der Waals surface area contributed by atoms with Gasteiger partial charge in [0, 0.05) is 54.4 Å². The number of H-pyrrole nitrogens is 1. The molecule has 0 aromatic carbocycles. The average Bonchev–Trinajstić information content (AvgIpc) is 3.19. The molecule has 0 aliphatic carbocycles. The zero-order valence-electron chi connectivity index (χ0n) is 14.1. The van der Waals surface area contributed by atoms with Gasteiger partial charge in [-0.3, -0.25) is 9.67 Å². The lowest BCUT2D eigenvalue weighted by molar-refractivity contribution is 0.532. The highest BCUT2D eigenvalue weighted by Crippen LogP contribution is 2.21. The summed E-state index contributed by atoms with van der Waals surface area (Å²) < 4.78 is 1.95. The lowest BCUT2D eigenvalue weighted by Gasteiger charge is -2.04. The Morgan fingerprint density at radius 1 is 1.43 bits per heavy atom. The van der Waals surface area contributed by atoms with Crippen molar-refractivity contribution in [3.63, 3.8) is 0 Å². The summed E-state index contributed by atoms with van der Waals surface area (Å²) in [5.74, 6) is 0. The number of aromatic nitrogens is 3. The second-order valence-electron chi connectivity index (χ2n) is 5.63. The Bertz CT molecular complexity index is 741. The topological polar surface area (TPSA) is 46.0 Å². The van der Waals surface area contributed by atoms with E-state index in [2.05, 4.69) is 54.3 Å². The number of hydrogen-bond acceptors (Lipinski definition) is 2. The Morgan fingerprint density at radius 3 is 2.78 bits per heavy atom. The molecule has 0 amide bonds. The van der Waals surface area contributed by atoms with E-state index >= 15 is 0 Å². The van der Waals surface area contributed by atoms with Crippen molar-refractivity contribution >= 4 is 5.71 Å². The molecule has 0 aliphatic rings. The predicted molar refractivity (Wildman–Crippen MR) is 98.0 cm³/mol. The van der Waals surface area contributed by atoms with Gasteiger partial charge in [0.05, 0.1) is 6.20 Å². The zero-order valence-corrected chi connectivity index (χ0v) is 14.1. The van der Waals surface area contributed by atoms with Gasteiger partial charge in [-0.25, -0.2) is 0 Å². The van der Waals surface area contributed by atoms with Crippen LogP contribution < -0.4 is 0 Å². The highest BCUT2D eigenvalue weighted by molar-refractivity contribution is 6.02. The van der Waals surface area contributed by atoms with Gasteiger partial charge < -0.3 is 4.98 Å². The van der Waals surface area contributed by atoms with Crippen molar-refractivity contribution in [1.82, 2.24) is 14.8 Å². The summed E-state index contributed by atoms with van der Waals surface area (Å²) in [4.78, 5) is 7.73. The lowest BCUT2D eigenvalue weighted by Crippen LogP contribution is -2.00. The van der Waals surface area contributed by atoms with Crippen LogP contribution in [-0.4, -0.2) is 27.5 Å². The van der Waals surface area contributed by atoms with Gasteiger partial charge in [0.15, 0.2) is 0 Å². The van der Waals surface area contributed by atoms with Gasteiger partial charge in [-0.15, -0.1) is 0 Å². The quantitative estimate of drug-likeness (QED) is 0.591. The highest BCUT2D eigenvalue weighted by atomic mass is 15.3. The molecule has 0 fully saturated rings. The van der Waals surface area contributed by atoms with Crippen molar-refractivity contribution in [2.45, 2.75) is 26.3 Å². The summed E-state index contributed by atoms with van der Waals surface area (Å²) in [7, 11) is 1.81. The van der Waals surface area contributed by atoms with E-state index in [9.17, 15) is 0 Å². The van der Waals surface area contributed by atoms with Gasteiger partial charge in [-0.1, -0.05) is 31.4 Å². The first kappa shape index (κ1) is 16.7. The molecule has 2 aromatic rings. The zero-order chi connectivity index (χ0) is 16.8. The van der Waals surface area contributed by atoms with Crippen molar-refractivity contribution in [2.75, 3.05) is 7.05 Å². The van der Waals surface area contributed by atoms with Gasteiger partial charge in [-0.2, -0.15) is 5.10 Å². The molecule has 0 bridgehead atoms. The number of hydrogen-bond donors (Lipinski definition) is 1. The molecule has 120 valence electrons. The normalized spacial score (nSPS) is 12.7. The van der Waals surface area contributed by atoms with Gasteiger partial charge in [0.1, 0.15) is 0 Å². The van der Waals surface area contributed by atoms with Gasteiger partial charge in [0.25, 0.3) is 0 Å². The number of nitrogens with one attached hydrogen (secondary N) is 1. The fraction of sp³-hybridized carbons (Fsp3) is 0.263. The standard InChI is InChI=1S/C19H24N4/c1-6-8-15(7-2)9-18(20-5)16-10-19(21-11-16)17-12-22-23(13-17)14(3)4/h6-8,10-14,21H,1-2,9H2,3-5H3/b15-8+,20-18?. The van der Waals surface area contributed by atoms with E-state index < -0.39 is 0 Å². The third kappa shape index (κ3) is 3.97. The maximum atomic E-state index is 4.42. The molecule has 0 saturated carbocycles. The summed E-state index contributed by atoms with van der Waals surface area (Å²) in [6.45, 7) is 11.8. The van der Waals surface area contributed by atoms with Crippen LogP contribution in [0.4, 0.5) is 0 Å². The molecule has 23 heavy (non-hydrogen) atoms. The molecule has 0 aliphatic heterocycles. The average molecular weight is 308 g/mol. The maximum Gasteiger partial charge on any atom is 0.0583 e. The fourth-order valence-electron chi connectivity index (χ4n) is 2.34. The van der Waals surface area contributed by atoms with Gasteiger partial charge in [0.2, 0.25) is 0 Å². The Hall–Kier alpha value is -2.62. The smallest absolute Gasteiger partial charge is 0.0583 e. The minimum Gasteiger partial charge on any atom is -0.360 e. The number of nitrogens with zero attached hydrogens (tertiary/aromatic N) is 3. The Kier molecular flexibility index (Phi) is 5.52. The van der Waals surface area contributed by atoms with Crippen LogP contribution in [0.5, 0.6) is 0 Å². The van der Waals surface area contributed by atoms with Crippen molar-refractivity contribution < 1.29 is 0 Å². The number of aromatic amines is 1. The van der Waals surface area contributed by atoms with Crippen molar-refractivity contribution in [3.05, 3.63) is 67.2 Å². The molecule has 4 heteroatoms. The Labute approximate surface area is 138 Å². The molecule has 2 rings (SSSR count). The molecule has 2 aromatic heterocycles. The van der Waals surface area contributed by atoms with Crippen LogP contribution in [0.2, 0.25) is 0 Å². The number of rotatable bonds is 7. The van der Waals surface area contributed by atoms with Crippen LogP contribution in [0.1, 0.15) is 31.9 Å². The van der Waals surface area contributed by atoms with Crippen LogP contribution in [-0.2, 0) is 0 Å². The Balaban J connectivity index is 2.24. The predicted octanol–water partition coefficient (Wildman–Crippen LogP) is 4.57. The van der Waals surface area contributed by atoms with Crippen molar-refractivity contribution in [2.24, 2.45) is 4.99 Å². The third-order valence-electron chi connectivity index (χ3n) is 3.69. The van der Waals surface area contributed by atoms with E-state index in [4.69, 9.17) is 0 Å². The number of allylic oxidation sites excluding steroid dienone is 4. The molecule has 0 atom stereocenters. The van der Waals surface area contributed by atoms with Crippen molar-refractivity contribution in [3.8, 4) is 11.3 Å². The first-order valence-electron chi connectivity index (χ1n) is 7.72. The molecule has 0 spiro atoms. The molecule has 2 heterocycles. The maximum absolute atomic E-state index is 4.42. The minimum absolute atomic E-state index is 0.352. The number of aliphatic imine (C=N–C) groups is 1. The Morgan fingerprint density at radius 2 is 2.22 bits per heavy atom. The van der Waals surface area contributed by atoms with E-state index in [-0.39, 0.29) is 0 Å². The monoisotopic (exact) mass is 308 g/mol. The largest absolute Gasteiger partial charge is 0.360 e. The second kappa shape index (κ2) is 7.58. The SMILES string of the molecule is C=C/C=C(\C=C)CC(=NC)c1c[nH]c(-c2cnn(C(C)C)c2)c1. The molecular weight excluding hydrogens is 284 g/mol. The first-order valence-corrected chi connectivity index (χ1v) is 7.72. The van der Waals surface area contributed by atoms with Crippen molar-refractivity contribution in [1.29, 1.82) is 0 Å². The summed E-state index contributed by atoms with van der Waals surface area (Å²) in [5.41, 5.74) is 5.30. The molecule has 0 saturated heterocycles. The van der Waals surface area contributed by atoms with E-state index in [1.54, 1.807) is 6.08 Å². The fourth-order valence-corrected chi connectivity index (χ4v) is 2.34. The highest BCUT2D eigenvalue weighted by Gasteiger charge is 2.10. The van der Waals surface area contributed by atoms with E-state index in [0.717, 1.165) is 34.5 Å². The molecule has 4 nitrogen and oxygen atoms in total. The second-order valence-corrected chi connectivity index (χ2v) is 5.63. The van der Waals surface area contributed by atoms with Crippen LogP contribution >= 0.6 is 0 Å². The van der Waals surface area contributed by atoms with Gasteiger partial charge in [-0.05, 0) is 25.5 Å². The molecule has 0 radical (unpaired) electrons. The van der Waals surface area contributed by atoms with Crippen LogP contribution in [0, 0.1) is 0 Å². The lowest BCUT2D eigenvalue weighted by atomic mass is 10.0. The summed E-state index contributed by atoms with van der Waals surface area (Å²) in [5, 5.41) is 4.39. The molecule has 1 N–H and O–H groups in total. The third-order valence-corrected chi connectivity index (χ3v) is 3.69. The minimum atomic E-state index is 0.352.